The molecule has 9 heteroatoms. The number of nitrogens with zero attached hydrogens (tertiary/aromatic N) is 2. The van der Waals surface area contributed by atoms with Crippen molar-refractivity contribution in [2.75, 3.05) is 17.7 Å². The van der Waals surface area contributed by atoms with Crippen LogP contribution in [0.2, 0.25) is 0 Å². The molecular weight excluding hydrogens is 422 g/mol. The van der Waals surface area contributed by atoms with Gasteiger partial charge in [0.2, 0.25) is 0 Å². The summed E-state index contributed by atoms with van der Waals surface area (Å²) in [4.78, 5) is 30.5. The normalized spacial score (nSPS) is 23.0. The second-order valence-corrected chi connectivity index (χ2v) is 10.3. The van der Waals surface area contributed by atoms with Crippen molar-refractivity contribution in [1.82, 2.24) is 9.88 Å². The zero-order chi connectivity index (χ0) is 21.3. The highest BCUT2D eigenvalue weighted by Crippen LogP contribution is 2.33. The molecule has 2 aliphatic rings. The number of aromatic nitrogens is 1. The summed E-state index contributed by atoms with van der Waals surface area (Å²) in [6, 6.07) is 0.457. The fourth-order valence-electron chi connectivity index (χ4n) is 4.56. The lowest BCUT2D eigenvalue weighted by Gasteiger charge is -2.41. The van der Waals surface area contributed by atoms with Crippen LogP contribution in [0.15, 0.2) is 10.4 Å². The Hall–Kier alpha value is -1.32. The lowest BCUT2D eigenvalue weighted by Crippen LogP contribution is -2.50. The van der Waals surface area contributed by atoms with Gasteiger partial charge in [0.25, 0.3) is 0 Å². The van der Waals surface area contributed by atoms with E-state index >= 15 is 0 Å². The van der Waals surface area contributed by atoms with E-state index in [2.05, 4.69) is 15.2 Å². The van der Waals surface area contributed by atoms with Gasteiger partial charge in [0.05, 0.1) is 22.3 Å². The minimum Gasteiger partial charge on any atom is -0.481 e. The van der Waals surface area contributed by atoms with Crippen molar-refractivity contribution in [1.29, 1.82) is 0 Å². The van der Waals surface area contributed by atoms with Gasteiger partial charge in [-0.2, -0.15) is 0 Å². The maximum atomic E-state index is 13.4. The Morgan fingerprint density at radius 3 is 2.47 bits per heavy atom. The summed E-state index contributed by atoms with van der Waals surface area (Å²) in [7, 11) is 0. The highest BCUT2D eigenvalue weighted by molar-refractivity contribution is 8.01. The summed E-state index contributed by atoms with van der Waals surface area (Å²) in [6.07, 6.45) is 12.9. The van der Waals surface area contributed by atoms with Crippen LogP contribution in [0.1, 0.15) is 71.1 Å². The smallest absolute Gasteiger partial charge is 0.324 e. The number of urea groups is 1. The van der Waals surface area contributed by atoms with Crippen LogP contribution in [0.25, 0.3) is 0 Å². The molecule has 1 aromatic rings. The molecule has 168 valence electrons. The van der Waals surface area contributed by atoms with E-state index in [0.717, 1.165) is 49.3 Å². The monoisotopic (exact) mass is 455 g/mol. The first-order valence-electron chi connectivity index (χ1n) is 11.1. The van der Waals surface area contributed by atoms with Crippen LogP contribution in [-0.2, 0) is 9.53 Å². The van der Waals surface area contributed by atoms with Crippen molar-refractivity contribution in [3.63, 3.8) is 0 Å². The minimum absolute atomic E-state index is 0.00709. The van der Waals surface area contributed by atoms with Crippen LogP contribution in [0.5, 0.6) is 0 Å². The number of hydrogen-bond donors (Lipinski definition) is 2. The molecule has 0 aliphatic heterocycles. The molecule has 2 saturated carbocycles. The molecule has 0 saturated heterocycles. The molecule has 2 aliphatic carbocycles. The van der Waals surface area contributed by atoms with Gasteiger partial charge < -0.3 is 14.7 Å². The van der Waals surface area contributed by atoms with Crippen molar-refractivity contribution in [2.24, 2.45) is 0 Å². The predicted molar refractivity (Wildman–Crippen MR) is 120 cm³/mol. The first kappa shape index (κ1) is 23.3. The predicted octanol–water partition coefficient (Wildman–Crippen LogP) is 5.22. The lowest BCUT2D eigenvalue weighted by molar-refractivity contribution is -0.133. The van der Waals surface area contributed by atoms with Gasteiger partial charge in [-0.05, 0) is 45.4 Å². The van der Waals surface area contributed by atoms with Crippen LogP contribution in [0, 0.1) is 0 Å². The molecule has 7 nitrogen and oxygen atoms in total. The number of carbonyl (C=O) groups is 2. The van der Waals surface area contributed by atoms with E-state index in [1.807, 2.05) is 6.92 Å². The van der Waals surface area contributed by atoms with Crippen molar-refractivity contribution in [3.8, 4) is 0 Å². The molecule has 1 aromatic heterocycles. The SMILES string of the molecule is CCOC1CCC(N(C(=O)Nc2ncc(SCC(=O)O)s2)C2CCCCCC2)CC1. The van der Waals surface area contributed by atoms with Crippen LogP contribution >= 0.6 is 23.1 Å². The summed E-state index contributed by atoms with van der Waals surface area (Å²) in [6.45, 7) is 2.78. The Labute approximate surface area is 187 Å². The van der Waals surface area contributed by atoms with Gasteiger partial charge in [0, 0.05) is 18.7 Å². The highest BCUT2D eigenvalue weighted by atomic mass is 32.2. The third-order valence-corrected chi connectivity index (χ3v) is 8.02. The van der Waals surface area contributed by atoms with Gasteiger partial charge >= 0.3 is 12.0 Å². The Bertz CT molecular complexity index is 684. The third-order valence-electron chi connectivity index (χ3n) is 5.93. The number of carboxylic acids is 1. The summed E-state index contributed by atoms with van der Waals surface area (Å²) in [5.74, 6) is -0.867. The Morgan fingerprint density at radius 2 is 1.83 bits per heavy atom. The van der Waals surface area contributed by atoms with Crippen LogP contribution in [0.4, 0.5) is 9.93 Å². The van der Waals surface area contributed by atoms with Gasteiger partial charge in [-0.25, -0.2) is 9.78 Å². The van der Waals surface area contributed by atoms with Crippen LogP contribution in [0.3, 0.4) is 0 Å². The summed E-state index contributed by atoms with van der Waals surface area (Å²) in [5.41, 5.74) is 0. The van der Waals surface area contributed by atoms with Crippen molar-refractivity contribution >= 4 is 40.2 Å². The van der Waals surface area contributed by atoms with Gasteiger partial charge in [0.15, 0.2) is 5.13 Å². The summed E-state index contributed by atoms with van der Waals surface area (Å²) >= 11 is 2.56. The number of thiazole rings is 1. The topological polar surface area (TPSA) is 91.8 Å². The van der Waals surface area contributed by atoms with Crippen molar-refractivity contribution in [3.05, 3.63) is 6.20 Å². The molecule has 3 rings (SSSR count). The van der Waals surface area contributed by atoms with Crippen LogP contribution < -0.4 is 5.32 Å². The number of ether oxygens (including phenoxy) is 1. The molecule has 1 heterocycles. The van der Waals surface area contributed by atoms with Crippen LogP contribution in [-0.4, -0.2) is 57.5 Å². The van der Waals surface area contributed by atoms with E-state index in [4.69, 9.17) is 9.84 Å². The van der Waals surface area contributed by atoms with Crippen molar-refractivity contribution < 1.29 is 19.4 Å². The van der Waals surface area contributed by atoms with Gasteiger partial charge in [-0.3, -0.25) is 10.1 Å². The quantitative estimate of drug-likeness (QED) is 0.412. The van der Waals surface area contributed by atoms with E-state index in [0.29, 0.717) is 11.2 Å². The highest BCUT2D eigenvalue weighted by Gasteiger charge is 2.34. The molecule has 2 fully saturated rings. The Balaban J connectivity index is 1.66. The second kappa shape index (κ2) is 11.9. The average Bonchev–Trinajstić information content (AvgIpc) is 3.00. The standard InChI is InChI=1S/C21H33N3O4S2/c1-2-28-17-11-9-16(10-12-17)24(15-7-5-3-4-6-8-15)21(27)23-20-22-13-19(30-20)29-14-18(25)26/h13,15-17H,2-12,14H2,1H3,(H,25,26)(H,22,23,27). The molecule has 0 aromatic carbocycles. The molecule has 2 N–H and O–H groups in total. The van der Waals surface area contributed by atoms with E-state index in [9.17, 15) is 9.59 Å². The van der Waals surface area contributed by atoms with E-state index in [-0.39, 0.29) is 23.9 Å². The molecular formula is C21H33N3O4S2. The van der Waals surface area contributed by atoms with E-state index in [1.165, 1.54) is 48.8 Å². The molecule has 30 heavy (non-hydrogen) atoms. The first-order chi connectivity index (χ1) is 14.6. The number of amides is 2. The van der Waals surface area contributed by atoms with Crippen molar-refractivity contribution in [2.45, 2.75) is 93.5 Å². The molecule has 0 radical (unpaired) electrons. The Kier molecular flexibility index (Phi) is 9.27. The number of carbonyl (C=O) groups excluding carboxylic acids is 1. The molecule has 0 unspecified atom stereocenters. The number of anilines is 1. The maximum absolute atomic E-state index is 13.4. The number of carboxylic acid groups (broad SMARTS) is 1. The molecule has 0 bridgehead atoms. The van der Waals surface area contributed by atoms with Gasteiger partial charge in [0.1, 0.15) is 0 Å². The summed E-state index contributed by atoms with van der Waals surface area (Å²) in [5, 5.41) is 12.4. The van der Waals surface area contributed by atoms with E-state index in [1.54, 1.807) is 6.20 Å². The third kappa shape index (κ3) is 6.85. The van der Waals surface area contributed by atoms with E-state index < -0.39 is 5.97 Å². The second-order valence-electron chi connectivity index (χ2n) is 8.04. The first-order valence-corrected chi connectivity index (χ1v) is 12.9. The number of nitrogens with one attached hydrogen (secondary N) is 1. The fourth-order valence-corrected chi connectivity index (χ4v) is 6.15. The van der Waals surface area contributed by atoms with Gasteiger partial charge in [-0.15, -0.1) is 11.8 Å². The zero-order valence-electron chi connectivity index (χ0n) is 17.7. The summed E-state index contributed by atoms with van der Waals surface area (Å²) < 4.78 is 6.60. The number of aliphatic carboxylic acids is 1. The maximum Gasteiger partial charge on any atom is 0.324 e. The molecule has 2 amide bonds. The number of hydrogen-bond acceptors (Lipinski definition) is 6. The Morgan fingerprint density at radius 1 is 1.17 bits per heavy atom. The largest absolute Gasteiger partial charge is 0.481 e. The zero-order valence-corrected chi connectivity index (χ0v) is 19.3. The molecule has 0 atom stereocenters. The average molecular weight is 456 g/mol. The lowest BCUT2D eigenvalue weighted by atomic mass is 9.90. The fraction of sp³-hybridized carbons (Fsp3) is 0.762. The van der Waals surface area contributed by atoms with Gasteiger partial charge in [-0.1, -0.05) is 37.0 Å². The number of rotatable bonds is 8. The molecule has 0 spiro atoms. The number of thioether (sulfide) groups is 1. The minimum atomic E-state index is -0.860.